The lowest BCUT2D eigenvalue weighted by Gasteiger charge is -2.23. The first-order valence-corrected chi connectivity index (χ1v) is 9.50. The number of hydrogen-bond donors (Lipinski definition) is 1. The average molecular weight is 419 g/mol. The van der Waals surface area contributed by atoms with Crippen LogP contribution >= 0.6 is 11.3 Å². The maximum atomic E-state index is 14.2. The van der Waals surface area contributed by atoms with E-state index in [0.717, 1.165) is 11.0 Å². The van der Waals surface area contributed by atoms with Crippen molar-refractivity contribution in [2.45, 2.75) is 25.3 Å². The van der Waals surface area contributed by atoms with Gasteiger partial charge in [0.25, 0.3) is 11.8 Å². The van der Waals surface area contributed by atoms with E-state index in [9.17, 15) is 23.5 Å². The number of benzene rings is 1. The van der Waals surface area contributed by atoms with E-state index in [4.69, 9.17) is 4.42 Å². The third-order valence-electron chi connectivity index (χ3n) is 4.56. The van der Waals surface area contributed by atoms with Gasteiger partial charge in [-0.3, -0.25) is 4.79 Å². The first-order chi connectivity index (χ1) is 13.7. The van der Waals surface area contributed by atoms with E-state index in [2.05, 4.69) is 9.97 Å². The number of nitrogens with zero attached hydrogens (tertiary/aromatic N) is 3. The summed E-state index contributed by atoms with van der Waals surface area (Å²) in [6.45, 7) is 0.985. The van der Waals surface area contributed by atoms with Crippen LogP contribution in [0.5, 0.6) is 0 Å². The van der Waals surface area contributed by atoms with Gasteiger partial charge in [0, 0.05) is 28.6 Å². The Balaban J connectivity index is 1.75. The second kappa shape index (κ2) is 7.03. The molecule has 0 saturated carbocycles. The van der Waals surface area contributed by atoms with Crippen LogP contribution < -0.4 is 0 Å². The number of carbonyl (C=O) groups excluding carboxylic acids is 1. The molecule has 29 heavy (non-hydrogen) atoms. The van der Waals surface area contributed by atoms with E-state index in [-0.39, 0.29) is 22.6 Å². The molecular weight excluding hydrogens is 404 g/mol. The Hall–Kier alpha value is -3.14. The molecule has 1 amide bonds. The van der Waals surface area contributed by atoms with E-state index in [0.29, 0.717) is 10.7 Å². The first kappa shape index (κ1) is 19.2. The number of rotatable bonds is 4. The van der Waals surface area contributed by atoms with Crippen LogP contribution in [0.1, 0.15) is 43.9 Å². The van der Waals surface area contributed by atoms with E-state index in [1.165, 1.54) is 35.9 Å². The second-order valence-corrected chi connectivity index (χ2v) is 7.67. The standard InChI is InChI=1S/C19H15F2N3O4S/c1-10-8-29-16(23-10)14-7-19(20,21)9-24(14)17(25)12-4-11(15-22-2-3-28-15)5-13(6-12)18(26)27/h2-6,8,14H,7,9H2,1H3,(H,26,27). The van der Waals surface area contributed by atoms with Gasteiger partial charge in [0.15, 0.2) is 0 Å². The highest BCUT2D eigenvalue weighted by Crippen LogP contribution is 2.42. The molecule has 3 aromatic rings. The molecule has 0 aliphatic carbocycles. The Labute approximate surface area is 167 Å². The highest BCUT2D eigenvalue weighted by molar-refractivity contribution is 7.09. The molecule has 10 heteroatoms. The molecule has 1 aliphatic rings. The van der Waals surface area contributed by atoms with Crippen molar-refractivity contribution in [3.05, 3.63) is 57.9 Å². The fourth-order valence-electron chi connectivity index (χ4n) is 3.31. The monoisotopic (exact) mass is 419 g/mol. The number of thiazole rings is 1. The van der Waals surface area contributed by atoms with Crippen LogP contribution in [0.25, 0.3) is 11.5 Å². The van der Waals surface area contributed by atoms with Crippen LogP contribution in [0, 0.1) is 6.92 Å². The van der Waals surface area contributed by atoms with E-state index in [1.54, 1.807) is 12.3 Å². The average Bonchev–Trinajstić information content (AvgIpc) is 3.40. The van der Waals surface area contributed by atoms with Crippen molar-refractivity contribution in [3.8, 4) is 11.5 Å². The summed E-state index contributed by atoms with van der Waals surface area (Å²) in [6, 6.07) is 2.99. The molecule has 1 saturated heterocycles. The molecule has 0 radical (unpaired) electrons. The van der Waals surface area contributed by atoms with Gasteiger partial charge in [-0.15, -0.1) is 11.3 Å². The Bertz CT molecular complexity index is 1080. The lowest BCUT2D eigenvalue weighted by atomic mass is 10.0. The van der Waals surface area contributed by atoms with Gasteiger partial charge < -0.3 is 14.4 Å². The Kier molecular flexibility index (Phi) is 4.65. The van der Waals surface area contributed by atoms with Gasteiger partial charge in [-0.05, 0) is 25.1 Å². The third-order valence-corrected chi connectivity index (χ3v) is 5.62. The SMILES string of the molecule is Cc1csc(C2CC(F)(F)CN2C(=O)c2cc(C(=O)O)cc(-c3ncco3)c2)n1. The van der Waals surface area contributed by atoms with Crippen molar-refractivity contribution in [2.24, 2.45) is 0 Å². The lowest BCUT2D eigenvalue weighted by Crippen LogP contribution is -2.33. The number of likely N-dealkylation sites (tertiary alicyclic amines) is 1. The molecule has 1 aliphatic heterocycles. The van der Waals surface area contributed by atoms with Gasteiger partial charge in [-0.1, -0.05) is 0 Å². The summed E-state index contributed by atoms with van der Waals surface area (Å²) in [5, 5.41) is 11.6. The molecule has 1 aromatic carbocycles. The van der Waals surface area contributed by atoms with Crippen molar-refractivity contribution >= 4 is 23.2 Å². The molecule has 3 heterocycles. The van der Waals surface area contributed by atoms with Gasteiger partial charge in [0.2, 0.25) is 5.89 Å². The summed E-state index contributed by atoms with van der Waals surface area (Å²) in [5.41, 5.74) is 0.753. The van der Waals surface area contributed by atoms with Crippen molar-refractivity contribution in [3.63, 3.8) is 0 Å². The molecule has 7 nitrogen and oxygen atoms in total. The highest BCUT2D eigenvalue weighted by atomic mass is 32.1. The molecule has 0 bridgehead atoms. The van der Waals surface area contributed by atoms with Crippen LogP contribution in [0.3, 0.4) is 0 Å². The summed E-state index contributed by atoms with van der Waals surface area (Å²) in [6.07, 6.45) is 2.16. The first-order valence-electron chi connectivity index (χ1n) is 8.62. The minimum Gasteiger partial charge on any atom is -0.478 e. The molecule has 1 atom stereocenters. The zero-order valence-corrected chi connectivity index (χ0v) is 15.9. The van der Waals surface area contributed by atoms with Crippen LogP contribution in [-0.4, -0.2) is 44.3 Å². The fraction of sp³-hybridized carbons (Fsp3) is 0.263. The van der Waals surface area contributed by atoms with E-state index in [1.807, 2.05) is 0 Å². The quantitative estimate of drug-likeness (QED) is 0.686. The molecule has 0 spiro atoms. The molecule has 1 unspecified atom stereocenters. The summed E-state index contributed by atoms with van der Waals surface area (Å²) >= 11 is 1.22. The predicted molar refractivity (Wildman–Crippen MR) is 99.1 cm³/mol. The number of oxazole rings is 1. The van der Waals surface area contributed by atoms with Crippen molar-refractivity contribution in [1.82, 2.24) is 14.9 Å². The van der Waals surface area contributed by atoms with Crippen LogP contribution in [0.15, 0.2) is 40.5 Å². The number of aryl methyl sites for hydroxylation is 1. The number of halogens is 2. The van der Waals surface area contributed by atoms with Gasteiger partial charge in [-0.25, -0.2) is 23.5 Å². The second-order valence-electron chi connectivity index (χ2n) is 6.78. The minimum absolute atomic E-state index is 0.0333. The molecule has 2 aromatic heterocycles. The number of hydrogen-bond acceptors (Lipinski definition) is 6. The maximum Gasteiger partial charge on any atom is 0.335 e. The summed E-state index contributed by atoms with van der Waals surface area (Å²) in [5.74, 6) is -4.89. The van der Waals surface area contributed by atoms with Crippen LogP contribution in [0.2, 0.25) is 0 Å². The van der Waals surface area contributed by atoms with Crippen molar-refractivity contribution in [2.75, 3.05) is 6.54 Å². The van der Waals surface area contributed by atoms with Crippen molar-refractivity contribution in [1.29, 1.82) is 0 Å². The van der Waals surface area contributed by atoms with Crippen LogP contribution in [-0.2, 0) is 0 Å². The number of aromatic nitrogens is 2. The van der Waals surface area contributed by atoms with E-state index < -0.39 is 36.8 Å². The largest absolute Gasteiger partial charge is 0.478 e. The number of alkyl halides is 2. The van der Waals surface area contributed by atoms with Gasteiger partial charge in [0.1, 0.15) is 11.3 Å². The number of aromatic carboxylic acids is 1. The Morgan fingerprint density at radius 3 is 2.69 bits per heavy atom. The predicted octanol–water partition coefficient (Wildman–Crippen LogP) is 4.03. The summed E-state index contributed by atoms with van der Waals surface area (Å²) < 4.78 is 33.6. The number of carbonyl (C=O) groups is 2. The number of carboxylic acid groups (broad SMARTS) is 1. The number of carboxylic acids is 1. The summed E-state index contributed by atoms with van der Waals surface area (Å²) in [4.78, 5) is 33.9. The molecule has 1 fully saturated rings. The molecule has 4 rings (SSSR count). The minimum atomic E-state index is -3.06. The Morgan fingerprint density at radius 1 is 1.31 bits per heavy atom. The molecule has 1 N–H and O–H groups in total. The Morgan fingerprint density at radius 2 is 2.07 bits per heavy atom. The lowest BCUT2D eigenvalue weighted by molar-refractivity contribution is 0.0117. The van der Waals surface area contributed by atoms with Crippen molar-refractivity contribution < 1.29 is 27.9 Å². The highest BCUT2D eigenvalue weighted by Gasteiger charge is 2.48. The normalized spacial score (nSPS) is 18.2. The van der Waals surface area contributed by atoms with Gasteiger partial charge in [0.05, 0.1) is 24.3 Å². The van der Waals surface area contributed by atoms with E-state index >= 15 is 0 Å². The zero-order valence-electron chi connectivity index (χ0n) is 15.1. The smallest absolute Gasteiger partial charge is 0.335 e. The number of amides is 1. The maximum absolute atomic E-state index is 14.2. The molecule has 150 valence electrons. The zero-order chi connectivity index (χ0) is 20.8. The van der Waals surface area contributed by atoms with Gasteiger partial charge >= 0.3 is 5.97 Å². The third kappa shape index (κ3) is 3.75. The molecular formula is C19H15F2N3O4S. The fourth-order valence-corrected chi connectivity index (χ4v) is 4.21. The van der Waals surface area contributed by atoms with Gasteiger partial charge in [-0.2, -0.15) is 0 Å². The summed E-state index contributed by atoms with van der Waals surface area (Å²) in [7, 11) is 0. The topological polar surface area (TPSA) is 96.5 Å². The van der Waals surface area contributed by atoms with Crippen LogP contribution in [0.4, 0.5) is 8.78 Å².